The fourth-order valence-electron chi connectivity index (χ4n) is 2.51. The number of ether oxygens (including phenoxy) is 1. The summed E-state index contributed by atoms with van der Waals surface area (Å²) < 4.78 is 29.4. The number of pyridine rings is 1. The van der Waals surface area contributed by atoms with E-state index in [4.69, 9.17) is 4.74 Å². The lowest BCUT2D eigenvalue weighted by Crippen LogP contribution is -2.44. The molecule has 1 aromatic rings. The van der Waals surface area contributed by atoms with Crippen molar-refractivity contribution < 1.29 is 23.1 Å². The van der Waals surface area contributed by atoms with Crippen LogP contribution in [0.25, 0.3) is 0 Å². The molecule has 3 N–H and O–H groups in total. The second-order valence-electron chi connectivity index (χ2n) is 5.68. The standard InChI is InChI=1S/C14H21N3O5S/c1-22-12-5-10(6-15-7-12)14(9-3-11(18)4-9)17-13(19)8-16-23(2,20)21/h5-7,9,11,14,16,18H,3-4,8H2,1-2H3,(H,17,19)/t9?,11?,14-/m1/s1. The van der Waals surface area contributed by atoms with Crippen LogP contribution in [0.1, 0.15) is 24.4 Å². The highest BCUT2D eigenvalue weighted by Gasteiger charge is 2.36. The molecule has 9 heteroatoms. The molecule has 0 radical (unpaired) electrons. The summed E-state index contributed by atoms with van der Waals surface area (Å²) in [6.07, 6.45) is 4.95. The van der Waals surface area contributed by atoms with Crippen molar-refractivity contribution in [1.29, 1.82) is 0 Å². The van der Waals surface area contributed by atoms with Crippen LogP contribution in [0.15, 0.2) is 18.5 Å². The first-order valence-corrected chi connectivity index (χ1v) is 9.08. The predicted octanol–water partition coefficient (Wildman–Crippen LogP) is -0.432. The van der Waals surface area contributed by atoms with Gasteiger partial charge in [0.05, 0.1) is 38.3 Å². The van der Waals surface area contributed by atoms with E-state index in [1.165, 1.54) is 7.11 Å². The number of methoxy groups -OCH3 is 1. The molecule has 1 amide bonds. The summed E-state index contributed by atoms with van der Waals surface area (Å²) >= 11 is 0. The maximum Gasteiger partial charge on any atom is 0.235 e. The van der Waals surface area contributed by atoms with Gasteiger partial charge in [0, 0.05) is 6.20 Å². The number of aliphatic hydroxyl groups excluding tert-OH is 1. The Morgan fingerprint density at radius 1 is 1.48 bits per heavy atom. The highest BCUT2D eigenvalue weighted by molar-refractivity contribution is 7.88. The van der Waals surface area contributed by atoms with Crippen molar-refractivity contribution in [3.8, 4) is 5.75 Å². The second kappa shape index (κ2) is 7.24. The lowest BCUT2D eigenvalue weighted by Gasteiger charge is -2.38. The maximum atomic E-state index is 12.0. The Morgan fingerprint density at radius 2 is 2.17 bits per heavy atom. The Bertz CT molecular complexity index is 658. The van der Waals surface area contributed by atoms with Crippen molar-refractivity contribution in [2.45, 2.75) is 25.0 Å². The Kier molecular flexibility index (Phi) is 5.55. The monoisotopic (exact) mass is 343 g/mol. The highest BCUT2D eigenvalue weighted by atomic mass is 32.2. The van der Waals surface area contributed by atoms with Crippen LogP contribution in [-0.4, -0.2) is 50.4 Å². The molecule has 1 fully saturated rings. The first-order chi connectivity index (χ1) is 10.8. The van der Waals surface area contributed by atoms with Crippen LogP contribution in [0.4, 0.5) is 0 Å². The van der Waals surface area contributed by atoms with Crippen molar-refractivity contribution >= 4 is 15.9 Å². The van der Waals surface area contributed by atoms with Crippen LogP contribution in [0.5, 0.6) is 5.75 Å². The van der Waals surface area contributed by atoms with Gasteiger partial charge in [-0.3, -0.25) is 9.78 Å². The number of rotatable bonds is 7. The summed E-state index contributed by atoms with van der Waals surface area (Å²) in [7, 11) is -1.91. The quantitative estimate of drug-likeness (QED) is 0.618. The third-order valence-corrected chi connectivity index (χ3v) is 4.43. The molecule has 0 aliphatic heterocycles. The predicted molar refractivity (Wildman–Crippen MR) is 83.3 cm³/mol. The molecule has 0 unspecified atom stereocenters. The van der Waals surface area contributed by atoms with Gasteiger partial charge in [0.25, 0.3) is 0 Å². The van der Waals surface area contributed by atoms with Crippen LogP contribution in [0.3, 0.4) is 0 Å². The topological polar surface area (TPSA) is 118 Å². The average Bonchev–Trinajstić information content (AvgIpc) is 2.47. The molecule has 0 bridgehead atoms. The molecule has 128 valence electrons. The number of amides is 1. The lowest BCUT2D eigenvalue weighted by molar-refractivity contribution is -0.121. The molecule has 1 atom stereocenters. The number of carbonyl (C=O) groups is 1. The summed E-state index contributed by atoms with van der Waals surface area (Å²) in [5.74, 6) is 0.196. The number of aliphatic hydroxyl groups is 1. The number of hydrogen-bond donors (Lipinski definition) is 3. The lowest BCUT2D eigenvalue weighted by atomic mass is 9.75. The molecule has 1 aromatic heterocycles. The first kappa shape index (κ1) is 17.6. The van der Waals surface area contributed by atoms with E-state index in [1.54, 1.807) is 18.5 Å². The summed E-state index contributed by atoms with van der Waals surface area (Å²) in [6, 6.07) is 1.42. The molecule has 2 rings (SSSR count). The van der Waals surface area contributed by atoms with E-state index in [9.17, 15) is 18.3 Å². The third-order valence-electron chi connectivity index (χ3n) is 3.76. The van der Waals surface area contributed by atoms with Gasteiger partial charge < -0.3 is 15.2 Å². The van der Waals surface area contributed by atoms with Crippen molar-refractivity contribution in [2.75, 3.05) is 19.9 Å². The van der Waals surface area contributed by atoms with E-state index >= 15 is 0 Å². The van der Waals surface area contributed by atoms with Gasteiger partial charge in [-0.25, -0.2) is 13.1 Å². The molecule has 1 heterocycles. The van der Waals surface area contributed by atoms with Crippen molar-refractivity contribution in [3.05, 3.63) is 24.0 Å². The van der Waals surface area contributed by atoms with Gasteiger partial charge in [0.2, 0.25) is 15.9 Å². The second-order valence-corrected chi connectivity index (χ2v) is 7.51. The zero-order valence-electron chi connectivity index (χ0n) is 13.0. The van der Waals surface area contributed by atoms with E-state index in [0.29, 0.717) is 18.6 Å². The van der Waals surface area contributed by atoms with Gasteiger partial charge >= 0.3 is 0 Å². The smallest absolute Gasteiger partial charge is 0.235 e. The zero-order chi connectivity index (χ0) is 17.0. The molecular formula is C14H21N3O5S. The molecule has 1 aliphatic rings. The van der Waals surface area contributed by atoms with Crippen LogP contribution in [-0.2, 0) is 14.8 Å². The van der Waals surface area contributed by atoms with Gasteiger partial charge in [0.1, 0.15) is 5.75 Å². The number of nitrogens with zero attached hydrogens (tertiary/aromatic N) is 1. The van der Waals surface area contributed by atoms with Gasteiger partial charge in [-0.05, 0) is 30.4 Å². The third kappa shape index (κ3) is 5.15. The van der Waals surface area contributed by atoms with E-state index < -0.39 is 15.9 Å². The summed E-state index contributed by atoms with van der Waals surface area (Å²) in [4.78, 5) is 16.1. The number of carbonyl (C=O) groups excluding carboxylic acids is 1. The minimum atomic E-state index is -3.43. The Labute approximate surface area is 135 Å². The minimum absolute atomic E-state index is 0.0705. The molecule has 1 aliphatic carbocycles. The van der Waals surface area contributed by atoms with Crippen LogP contribution in [0, 0.1) is 5.92 Å². The van der Waals surface area contributed by atoms with Crippen molar-refractivity contribution in [1.82, 2.24) is 15.0 Å². The van der Waals surface area contributed by atoms with Crippen LogP contribution < -0.4 is 14.8 Å². The largest absolute Gasteiger partial charge is 0.495 e. The van der Waals surface area contributed by atoms with E-state index in [2.05, 4.69) is 15.0 Å². The number of hydrogen-bond acceptors (Lipinski definition) is 6. The van der Waals surface area contributed by atoms with Crippen LogP contribution in [0.2, 0.25) is 0 Å². The van der Waals surface area contributed by atoms with E-state index in [1.807, 2.05) is 0 Å². The molecular weight excluding hydrogens is 322 g/mol. The molecule has 0 spiro atoms. The van der Waals surface area contributed by atoms with E-state index in [0.717, 1.165) is 11.8 Å². The minimum Gasteiger partial charge on any atom is -0.495 e. The van der Waals surface area contributed by atoms with Gasteiger partial charge in [-0.15, -0.1) is 0 Å². The van der Waals surface area contributed by atoms with Gasteiger partial charge in [-0.2, -0.15) is 0 Å². The van der Waals surface area contributed by atoms with Gasteiger partial charge in [-0.1, -0.05) is 0 Å². The molecule has 0 saturated heterocycles. The number of aromatic nitrogens is 1. The normalized spacial score (nSPS) is 22.0. The molecule has 0 aromatic carbocycles. The summed E-state index contributed by atoms with van der Waals surface area (Å²) in [5.41, 5.74) is 0.758. The highest BCUT2D eigenvalue weighted by Crippen LogP contribution is 2.38. The summed E-state index contributed by atoms with van der Waals surface area (Å²) in [6.45, 7) is -0.331. The molecule has 1 saturated carbocycles. The van der Waals surface area contributed by atoms with Gasteiger partial charge in [0.15, 0.2) is 0 Å². The Balaban J connectivity index is 2.09. The summed E-state index contributed by atoms with van der Waals surface area (Å²) in [5, 5.41) is 12.3. The van der Waals surface area contributed by atoms with E-state index in [-0.39, 0.29) is 24.6 Å². The number of nitrogens with one attached hydrogen (secondary N) is 2. The van der Waals surface area contributed by atoms with Crippen LogP contribution >= 0.6 is 0 Å². The maximum absolute atomic E-state index is 12.0. The van der Waals surface area contributed by atoms with Crippen molar-refractivity contribution in [3.63, 3.8) is 0 Å². The van der Waals surface area contributed by atoms with Crippen molar-refractivity contribution in [2.24, 2.45) is 5.92 Å². The molecule has 23 heavy (non-hydrogen) atoms. The SMILES string of the molecule is COc1cncc([C@H](NC(=O)CNS(C)(=O)=O)C2CC(O)C2)c1. The fraction of sp³-hybridized carbons (Fsp3) is 0.571. The number of sulfonamides is 1. The first-order valence-electron chi connectivity index (χ1n) is 7.19. The Morgan fingerprint density at radius 3 is 2.74 bits per heavy atom. The average molecular weight is 343 g/mol. The fourth-order valence-corrected chi connectivity index (χ4v) is 2.91. The molecule has 8 nitrogen and oxygen atoms in total. The Hall–Kier alpha value is -1.71. The zero-order valence-corrected chi connectivity index (χ0v) is 13.8.